The first-order valence-electron chi connectivity index (χ1n) is 6.59. The fraction of sp³-hybridized carbons (Fsp3) is 0.412. The molecular formula is C17H27Cl. The van der Waals surface area contributed by atoms with E-state index in [9.17, 15) is 0 Å². The number of hydrogen-bond donors (Lipinski definition) is 0. The molecule has 102 valence electrons. The Balaban J connectivity index is 0. The Hall–Kier alpha value is -1.01. The van der Waals surface area contributed by atoms with Crippen molar-refractivity contribution in [3.63, 3.8) is 0 Å². The second-order valence-corrected chi connectivity index (χ2v) is 4.06. The lowest BCUT2D eigenvalue weighted by Gasteiger charge is -2.05. The van der Waals surface area contributed by atoms with E-state index < -0.39 is 0 Å². The zero-order chi connectivity index (χ0) is 14.6. The molecule has 0 unspecified atom stereocenters. The molecule has 0 amide bonds. The quantitative estimate of drug-likeness (QED) is 0.477. The van der Waals surface area contributed by atoms with Crippen LogP contribution in [-0.2, 0) is 0 Å². The Morgan fingerprint density at radius 2 is 1.72 bits per heavy atom. The molecule has 0 aliphatic carbocycles. The summed E-state index contributed by atoms with van der Waals surface area (Å²) in [5, 5.41) is 0.731. The monoisotopic (exact) mass is 266 g/mol. The van der Waals surface area contributed by atoms with E-state index in [1.165, 1.54) is 5.57 Å². The molecule has 0 fully saturated rings. The van der Waals surface area contributed by atoms with Gasteiger partial charge in [-0.05, 0) is 37.5 Å². The molecule has 0 bridgehead atoms. The van der Waals surface area contributed by atoms with Gasteiger partial charge in [-0.2, -0.15) is 0 Å². The number of halogens is 1. The third kappa shape index (κ3) is 7.34. The fourth-order valence-corrected chi connectivity index (χ4v) is 1.87. The standard InChI is InChI=1S/C15H21Cl.C2H6/c1-6-10-12(5)11-15(16)14(9-4)13(7-2)8-3;1-2/h7-9,11H,2,4,6,10H2,1,3,5H3;1-2H3/b12-11+,13-8+,15-14+;. The molecule has 0 aliphatic heterocycles. The summed E-state index contributed by atoms with van der Waals surface area (Å²) in [6, 6.07) is 0. The van der Waals surface area contributed by atoms with Crippen molar-refractivity contribution in [3.05, 3.63) is 59.2 Å². The van der Waals surface area contributed by atoms with Crippen molar-refractivity contribution in [2.45, 2.75) is 47.5 Å². The van der Waals surface area contributed by atoms with Crippen LogP contribution in [0.25, 0.3) is 0 Å². The van der Waals surface area contributed by atoms with Gasteiger partial charge in [0.25, 0.3) is 0 Å². The van der Waals surface area contributed by atoms with Gasteiger partial charge in [-0.1, -0.05) is 75.8 Å². The van der Waals surface area contributed by atoms with Crippen LogP contribution < -0.4 is 0 Å². The third-order valence-electron chi connectivity index (χ3n) is 2.32. The molecule has 0 aromatic carbocycles. The summed E-state index contributed by atoms with van der Waals surface area (Å²) in [5.74, 6) is 0. The Morgan fingerprint density at radius 1 is 1.17 bits per heavy atom. The molecule has 0 saturated carbocycles. The number of hydrogen-bond acceptors (Lipinski definition) is 0. The van der Waals surface area contributed by atoms with Crippen LogP contribution in [0.15, 0.2) is 59.2 Å². The molecule has 18 heavy (non-hydrogen) atoms. The van der Waals surface area contributed by atoms with Crippen LogP contribution in [0.2, 0.25) is 0 Å². The van der Waals surface area contributed by atoms with Crippen molar-refractivity contribution in [3.8, 4) is 0 Å². The molecule has 0 aromatic rings. The maximum Gasteiger partial charge on any atom is 0.0483 e. The third-order valence-corrected chi connectivity index (χ3v) is 2.63. The Bertz CT molecular complexity index is 341. The predicted octanol–water partition coefficient (Wildman–Crippen LogP) is 6.57. The average molecular weight is 267 g/mol. The van der Waals surface area contributed by atoms with Gasteiger partial charge < -0.3 is 0 Å². The fourth-order valence-electron chi connectivity index (χ4n) is 1.50. The van der Waals surface area contributed by atoms with Crippen LogP contribution in [0.3, 0.4) is 0 Å². The average Bonchev–Trinajstić information content (AvgIpc) is 2.38. The van der Waals surface area contributed by atoms with Crippen LogP contribution >= 0.6 is 11.6 Å². The second-order valence-electron chi connectivity index (χ2n) is 3.65. The van der Waals surface area contributed by atoms with Crippen molar-refractivity contribution < 1.29 is 0 Å². The molecule has 0 rings (SSSR count). The second kappa shape index (κ2) is 12.4. The van der Waals surface area contributed by atoms with Gasteiger partial charge in [0.05, 0.1) is 0 Å². The van der Waals surface area contributed by atoms with E-state index in [0.717, 1.165) is 29.0 Å². The highest BCUT2D eigenvalue weighted by molar-refractivity contribution is 6.32. The van der Waals surface area contributed by atoms with Gasteiger partial charge in [-0.25, -0.2) is 0 Å². The molecule has 0 atom stereocenters. The van der Waals surface area contributed by atoms with Crippen LogP contribution in [0, 0.1) is 0 Å². The van der Waals surface area contributed by atoms with Crippen molar-refractivity contribution >= 4 is 11.6 Å². The van der Waals surface area contributed by atoms with Gasteiger partial charge in [0.1, 0.15) is 0 Å². The van der Waals surface area contributed by atoms with Gasteiger partial charge in [-0.15, -0.1) is 0 Å². The minimum atomic E-state index is 0.731. The Kier molecular flexibility index (Phi) is 13.4. The summed E-state index contributed by atoms with van der Waals surface area (Å²) in [7, 11) is 0. The first-order chi connectivity index (χ1) is 8.60. The first kappa shape index (κ1) is 19.3. The first-order valence-corrected chi connectivity index (χ1v) is 6.96. The van der Waals surface area contributed by atoms with Crippen LogP contribution in [0.5, 0.6) is 0 Å². The molecule has 0 aliphatic rings. The molecule has 0 nitrogen and oxygen atoms in total. The molecule has 0 radical (unpaired) electrons. The maximum atomic E-state index is 6.27. The van der Waals surface area contributed by atoms with Crippen molar-refractivity contribution in [2.24, 2.45) is 0 Å². The van der Waals surface area contributed by atoms with Crippen molar-refractivity contribution in [2.75, 3.05) is 0 Å². The normalized spacial score (nSPS) is 13.2. The summed E-state index contributed by atoms with van der Waals surface area (Å²) in [6.07, 6.45) is 9.76. The number of allylic oxidation sites excluding steroid dienone is 8. The van der Waals surface area contributed by atoms with Gasteiger partial charge in [-0.3, -0.25) is 0 Å². The summed E-state index contributed by atoms with van der Waals surface area (Å²) < 4.78 is 0. The highest BCUT2D eigenvalue weighted by atomic mass is 35.5. The van der Waals surface area contributed by atoms with E-state index in [1.54, 1.807) is 12.2 Å². The number of rotatable bonds is 6. The van der Waals surface area contributed by atoms with E-state index in [2.05, 4.69) is 27.0 Å². The van der Waals surface area contributed by atoms with Gasteiger partial charge >= 0.3 is 0 Å². The van der Waals surface area contributed by atoms with Crippen LogP contribution in [-0.4, -0.2) is 0 Å². The van der Waals surface area contributed by atoms with E-state index in [1.807, 2.05) is 32.9 Å². The molecule has 1 heteroatoms. The molecule has 0 spiro atoms. The van der Waals surface area contributed by atoms with Crippen LogP contribution in [0.4, 0.5) is 0 Å². The summed E-state index contributed by atoms with van der Waals surface area (Å²) in [6.45, 7) is 17.8. The smallest absolute Gasteiger partial charge is 0.0483 e. The van der Waals surface area contributed by atoms with Crippen molar-refractivity contribution in [1.29, 1.82) is 0 Å². The van der Waals surface area contributed by atoms with E-state index >= 15 is 0 Å². The van der Waals surface area contributed by atoms with Gasteiger partial charge in [0.2, 0.25) is 0 Å². The van der Waals surface area contributed by atoms with E-state index in [-0.39, 0.29) is 0 Å². The predicted molar refractivity (Wildman–Crippen MR) is 87.0 cm³/mol. The van der Waals surface area contributed by atoms with Crippen molar-refractivity contribution in [1.82, 2.24) is 0 Å². The topological polar surface area (TPSA) is 0 Å². The molecule has 0 aromatic heterocycles. The summed E-state index contributed by atoms with van der Waals surface area (Å²) in [5.41, 5.74) is 3.24. The van der Waals surface area contributed by atoms with Gasteiger partial charge in [0.15, 0.2) is 0 Å². The molecule has 0 heterocycles. The highest BCUT2D eigenvalue weighted by Crippen LogP contribution is 2.23. The lowest BCUT2D eigenvalue weighted by molar-refractivity contribution is 0.905. The van der Waals surface area contributed by atoms with Gasteiger partial charge in [0, 0.05) is 5.03 Å². The highest BCUT2D eigenvalue weighted by Gasteiger charge is 2.02. The lowest BCUT2D eigenvalue weighted by atomic mass is 10.0. The minimum Gasteiger partial charge on any atom is -0.0985 e. The zero-order valence-corrected chi connectivity index (χ0v) is 13.3. The molecule has 0 saturated heterocycles. The lowest BCUT2D eigenvalue weighted by Crippen LogP contribution is -1.86. The molecule has 0 N–H and O–H groups in total. The Morgan fingerprint density at radius 3 is 2.06 bits per heavy atom. The minimum absolute atomic E-state index is 0.731. The van der Waals surface area contributed by atoms with Crippen LogP contribution in [0.1, 0.15) is 47.5 Å². The molecular weight excluding hydrogens is 240 g/mol. The summed E-state index contributed by atoms with van der Waals surface area (Å²) >= 11 is 6.27. The Labute approximate surface area is 118 Å². The largest absolute Gasteiger partial charge is 0.0985 e. The summed E-state index contributed by atoms with van der Waals surface area (Å²) in [4.78, 5) is 0. The maximum absolute atomic E-state index is 6.27. The van der Waals surface area contributed by atoms with E-state index in [4.69, 9.17) is 11.6 Å². The zero-order valence-electron chi connectivity index (χ0n) is 12.5. The van der Waals surface area contributed by atoms with E-state index in [0.29, 0.717) is 0 Å². The SMILES string of the molecule is C=CC(=C\C)/C(C=C)=C(Cl)\C=C(/C)CCC.CC.